The van der Waals surface area contributed by atoms with Gasteiger partial charge in [-0.3, -0.25) is 14.5 Å². The Morgan fingerprint density at radius 1 is 0.966 bits per heavy atom. The minimum Gasteiger partial charge on any atom is -0.444 e. The summed E-state index contributed by atoms with van der Waals surface area (Å²) >= 11 is 0. The Hall–Kier alpha value is -3.15. The zero-order valence-electron chi connectivity index (χ0n) is 17.2. The van der Waals surface area contributed by atoms with Gasteiger partial charge in [-0.05, 0) is 44.9 Å². The highest BCUT2D eigenvalue weighted by Gasteiger charge is 2.38. The zero-order valence-corrected chi connectivity index (χ0v) is 17.2. The number of imide groups is 1. The number of likely N-dealkylation sites (N-methyl/N-ethyl adjacent to an activating group) is 1. The number of amides is 3. The quantitative estimate of drug-likeness (QED) is 0.724. The SMILES string of the molecule is CN(C(=O)OC(C)(C)C)[C@@H](Cc1ccccc1)CN1C(=O)c2ccccc2C1=O. The van der Waals surface area contributed by atoms with E-state index < -0.39 is 17.7 Å². The second kappa shape index (κ2) is 8.07. The van der Waals surface area contributed by atoms with Gasteiger partial charge in [0.15, 0.2) is 0 Å². The fourth-order valence-corrected chi connectivity index (χ4v) is 3.31. The molecule has 0 aliphatic carbocycles. The van der Waals surface area contributed by atoms with Gasteiger partial charge >= 0.3 is 6.09 Å². The summed E-state index contributed by atoms with van der Waals surface area (Å²) in [6, 6.07) is 16.0. The monoisotopic (exact) mass is 394 g/mol. The normalized spacial score (nSPS) is 14.6. The highest BCUT2D eigenvalue weighted by atomic mass is 16.6. The molecule has 6 nitrogen and oxygen atoms in total. The zero-order chi connectivity index (χ0) is 21.2. The number of benzene rings is 2. The van der Waals surface area contributed by atoms with Crippen molar-refractivity contribution in [2.24, 2.45) is 0 Å². The van der Waals surface area contributed by atoms with E-state index in [0.717, 1.165) is 5.56 Å². The van der Waals surface area contributed by atoms with Crippen molar-refractivity contribution in [1.29, 1.82) is 0 Å². The standard InChI is InChI=1S/C23H26N2O4/c1-23(2,3)29-22(28)24(4)17(14-16-10-6-5-7-11-16)15-25-20(26)18-12-8-9-13-19(18)21(25)27/h5-13,17H,14-15H2,1-4H3/t17-/m0/s1. The van der Waals surface area contributed by atoms with E-state index >= 15 is 0 Å². The van der Waals surface area contributed by atoms with Gasteiger partial charge in [-0.2, -0.15) is 0 Å². The van der Waals surface area contributed by atoms with E-state index in [4.69, 9.17) is 4.74 Å². The van der Waals surface area contributed by atoms with Crippen molar-refractivity contribution < 1.29 is 19.1 Å². The van der Waals surface area contributed by atoms with Crippen molar-refractivity contribution in [3.8, 4) is 0 Å². The second-order valence-electron chi connectivity index (χ2n) is 8.20. The van der Waals surface area contributed by atoms with Crippen LogP contribution in [0.25, 0.3) is 0 Å². The third kappa shape index (κ3) is 4.65. The first-order valence-electron chi connectivity index (χ1n) is 9.62. The molecule has 2 aromatic rings. The molecule has 0 unspecified atom stereocenters. The van der Waals surface area contributed by atoms with Gasteiger partial charge < -0.3 is 9.64 Å². The van der Waals surface area contributed by atoms with Crippen LogP contribution >= 0.6 is 0 Å². The van der Waals surface area contributed by atoms with Crippen molar-refractivity contribution in [1.82, 2.24) is 9.80 Å². The maximum Gasteiger partial charge on any atom is 0.410 e. The van der Waals surface area contributed by atoms with Gasteiger partial charge in [0.05, 0.1) is 23.7 Å². The molecule has 1 aliphatic heterocycles. The fourth-order valence-electron chi connectivity index (χ4n) is 3.31. The Kier molecular flexibility index (Phi) is 5.73. The van der Waals surface area contributed by atoms with E-state index in [0.29, 0.717) is 17.5 Å². The molecule has 0 N–H and O–H groups in total. The van der Waals surface area contributed by atoms with Crippen molar-refractivity contribution in [2.45, 2.75) is 38.8 Å². The van der Waals surface area contributed by atoms with Crippen LogP contribution in [0.3, 0.4) is 0 Å². The van der Waals surface area contributed by atoms with Gasteiger partial charge in [-0.1, -0.05) is 42.5 Å². The Balaban J connectivity index is 1.85. The highest BCUT2D eigenvalue weighted by Crippen LogP contribution is 2.24. The lowest BCUT2D eigenvalue weighted by atomic mass is 10.0. The van der Waals surface area contributed by atoms with Gasteiger partial charge in [0, 0.05) is 7.05 Å². The van der Waals surface area contributed by atoms with Crippen LogP contribution in [-0.4, -0.2) is 52.9 Å². The van der Waals surface area contributed by atoms with Gasteiger partial charge in [0.1, 0.15) is 5.60 Å². The molecular weight excluding hydrogens is 368 g/mol. The van der Waals surface area contributed by atoms with Crippen LogP contribution in [0.15, 0.2) is 54.6 Å². The molecular formula is C23H26N2O4. The Labute approximate surface area is 171 Å². The third-order valence-electron chi connectivity index (χ3n) is 4.81. The number of fused-ring (bicyclic) bond motifs is 1. The predicted octanol–water partition coefficient (Wildman–Crippen LogP) is 3.76. The summed E-state index contributed by atoms with van der Waals surface area (Å²) in [5.74, 6) is -0.664. The lowest BCUT2D eigenvalue weighted by Crippen LogP contribution is -2.49. The van der Waals surface area contributed by atoms with E-state index in [1.165, 1.54) is 9.80 Å². The molecule has 0 radical (unpaired) electrons. The molecule has 1 heterocycles. The smallest absolute Gasteiger partial charge is 0.410 e. The van der Waals surface area contributed by atoms with Crippen LogP contribution in [-0.2, 0) is 11.2 Å². The first-order chi connectivity index (χ1) is 13.7. The minimum absolute atomic E-state index is 0.0942. The minimum atomic E-state index is -0.641. The fraction of sp³-hybridized carbons (Fsp3) is 0.348. The van der Waals surface area contributed by atoms with Crippen LogP contribution in [0.5, 0.6) is 0 Å². The van der Waals surface area contributed by atoms with Crippen molar-refractivity contribution >= 4 is 17.9 Å². The average Bonchev–Trinajstić information content (AvgIpc) is 2.91. The van der Waals surface area contributed by atoms with Gasteiger partial charge in [-0.25, -0.2) is 4.79 Å². The third-order valence-corrected chi connectivity index (χ3v) is 4.81. The largest absolute Gasteiger partial charge is 0.444 e. The van der Waals surface area contributed by atoms with Crippen LogP contribution in [0.2, 0.25) is 0 Å². The molecule has 2 aromatic carbocycles. The average molecular weight is 394 g/mol. The van der Waals surface area contributed by atoms with Gasteiger partial charge in [-0.15, -0.1) is 0 Å². The summed E-state index contributed by atoms with van der Waals surface area (Å²) in [7, 11) is 1.64. The van der Waals surface area contributed by atoms with Crippen LogP contribution in [0, 0.1) is 0 Å². The number of rotatable bonds is 5. The van der Waals surface area contributed by atoms with E-state index in [-0.39, 0.29) is 18.4 Å². The predicted molar refractivity (Wildman–Crippen MR) is 110 cm³/mol. The number of carbonyl (C=O) groups excluding carboxylic acids is 3. The number of hydrogen-bond donors (Lipinski definition) is 0. The lowest BCUT2D eigenvalue weighted by Gasteiger charge is -2.32. The first-order valence-corrected chi connectivity index (χ1v) is 9.62. The van der Waals surface area contributed by atoms with Crippen molar-refractivity contribution in [2.75, 3.05) is 13.6 Å². The first kappa shape index (κ1) is 20.6. The number of ether oxygens (including phenoxy) is 1. The topological polar surface area (TPSA) is 66.9 Å². The summed E-state index contributed by atoms with van der Waals surface area (Å²) in [4.78, 5) is 40.9. The molecule has 0 aromatic heterocycles. The Morgan fingerprint density at radius 2 is 1.48 bits per heavy atom. The lowest BCUT2D eigenvalue weighted by molar-refractivity contribution is 0.0182. The molecule has 1 atom stereocenters. The van der Waals surface area contributed by atoms with Crippen molar-refractivity contribution in [3.05, 3.63) is 71.3 Å². The van der Waals surface area contributed by atoms with Gasteiger partial charge in [0.2, 0.25) is 0 Å². The summed E-state index contributed by atoms with van der Waals surface area (Å²) < 4.78 is 5.50. The van der Waals surface area contributed by atoms with Crippen molar-refractivity contribution in [3.63, 3.8) is 0 Å². The number of nitrogens with zero attached hydrogens (tertiary/aromatic N) is 2. The molecule has 1 aliphatic rings. The van der Waals surface area contributed by atoms with E-state index in [1.807, 2.05) is 30.3 Å². The van der Waals surface area contributed by atoms with Gasteiger partial charge in [0.25, 0.3) is 11.8 Å². The number of carbonyl (C=O) groups is 3. The Bertz CT molecular complexity index is 883. The highest BCUT2D eigenvalue weighted by molar-refractivity contribution is 6.21. The molecule has 3 amide bonds. The van der Waals surface area contributed by atoms with E-state index in [1.54, 1.807) is 52.1 Å². The van der Waals surface area contributed by atoms with E-state index in [9.17, 15) is 14.4 Å². The summed E-state index contributed by atoms with van der Waals surface area (Å²) in [5, 5.41) is 0. The molecule has 29 heavy (non-hydrogen) atoms. The molecule has 3 rings (SSSR count). The molecule has 6 heteroatoms. The van der Waals surface area contributed by atoms with Crippen LogP contribution in [0.1, 0.15) is 47.1 Å². The van der Waals surface area contributed by atoms with Crippen LogP contribution < -0.4 is 0 Å². The summed E-state index contributed by atoms with van der Waals surface area (Å²) in [5.41, 5.74) is 1.16. The Morgan fingerprint density at radius 3 is 2.00 bits per heavy atom. The molecule has 0 saturated carbocycles. The maximum absolute atomic E-state index is 12.8. The van der Waals surface area contributed by atoms with Crippen LogP contribution in [0.4, 0.5) is 4.79 Å². The molecule has 0 spiro atoms. The number of hydrogen-bond acceptors (Lipinski definition) is 4. The second-order valence-corrected chi connectivity index (χ2v) is 8.20. The summed E-state index contributed by atoms with van der Waals surface area (Å²) in [6.07, 6.45) is -0.000636. The molecule has 0 saturated heterocycles. The maximum atomic E-state index is 12.8. The molecule has 0 fully saturated rings. The van der Waals surface area contributed by atoms with E-state index in [2.05, 4.69) is 0 Å². The molecule has 0 bridgehead atoms. The molecule has 152 valence electrons. The summed E-state index contributed by atoms with van der Waals surface area (Å²) in [6.45, 7) is 5.50.